The third kappa shape index (κ3) is 2.67. The van der Waals surface area contributed by atoms with E-state index in [2.05, 4.69) is 11.4 Å². The van der Waals surface area contributed by atoms with Gasteiger partial charge in [-0.05, 0) is 37.6 Å². The molecule has 0 amide bonds. The molecule has 0 aliphatic rings. The van der Waals surface area contributed by atoms with E-state index in [1.807, 2.05) is 50.2 Å². The maximum absolute atomic E-state index is 9.24. The average Bonchev–Trinajstić information content (AvgIpc) is 2.44. The summed E-state index contributed by atoms with van der Waals surface area (Å²) >= 11 is 0. The molecule has 2 aromatic carbocycles. The molecule has 0 bridgehead atoms. The Labute approximate surface area is 118 Å². The number of hydrogen-bond acceptors (Lipinski definition) is 4. The van der Waals surface area contributed by atoms with Crippen LogP contribution >= 0.6 is 0 Å². The van der Waals surface area contributed by atoms with Crippen molar-refractivity contribution in [2.75, 3.05) is 17.7 Å². The van der Waals surface area contributed by atoms with Gasteiger partial charge in [-0.15, -0.1) is 0 Å². The molecule has 0 atom stereocenters. The van der Waals surface area contributed by atoms with Gasteiger partial charge in [-0.2, -0.15) is 5.26 Å². The lowest BCUT2D eigenvalue weighted by atomic mass is 10.1. The van der Waals surface area contributed by atoms with Gasteiger partial charge in [-0.1, -0.05) is 18.2 Å². The van der Waals surface area contributed by atoms with E-state index in [4.69, 9.17) is 10.5 Å². The average molecular weight is 267 g/mol. The number of nitrogens with zero attached hydrogens (tertiary/aromatic N) is 1. The molecule has 0 aliphatic heterocycles. The van der Waals surface area contributed by atoms with Gasteiger partial charge in [0, 0.05) is 0 Å². The fraction of sp³-hybridized carbons (Fsp3) is 0.188. The molecule has 0 heterocycles. The first-order valence-electron chi connectivity index (χ1n) is 6.45. The van der Waals surface area contributed by atoms with Crippen molar-refractivity contribution < 1.29 is 4.74 Å². The summed E-state index contributed by atoms with van der Waals surface area (Å²) in [7, 11) is 0. The van der Waals surface area contributed by atoms with Crippen LogP contribution in [0.2, 0.25) is 0 Å². The third-order valence-electron chi connectivity index (χ3n) is 3.02. The van der Waals surface area contributed by atoms with Gasteiger partial charge in [0.25, 0.3) is 0 Å². The van der Waals surface area contributed by atoms with Crippen molar-refractivity contribution in [1.29, 1.82) is 5.26 Å². The van der Waals surface area contributed by atoms with Crippen LogP contribution in [0.5, 0.6) is 5.75 Å². The van der Waals surface area contributed by atoms with E-state index >= 15 is 0 Å². The number of para-hydroxylation sites is 1. The number of anilines is 3. The first-order chi connectivity index (χ1) is 9.67. The lowest BCUT2D eigenvalue weighted by Crippen LogP contribution is -2.02. The number of benzene rings is 2. The Kier molecular flexibility index (Phi) is 4.11. The number of nitrogens with one attached hydrogen (secondary N) is 1. The molecular formula is C16H17N3O. The van der Waals surface area contributed by atoms with Crippen molar-refractivity contribution in [3.05, 3.63) is 47.5 Å². The van der Waals surface area contributed by atoms with Gasteiger partial charge >= 0.3 is 0 Å². The second-order valence-corrected chi connectivity index (χ2v) is 4.38. The summed E-state index contributed by atoms with van der Waals surface area (Å²) in [5.74, 6) is 0.642. The third-order valence-corrected chi connectivity index (χ3v) is 3.02. The summed E-state index contributed by atoms with van der Waals surface area (Å²) in [4.78, 5) is 0. The Balaban J connectivity index is 2.39. The molecule has 4 nitrogen and oxygen atoms in total. The van der Waals surface area contributed by atoms with E-state index < -0.39 is 0 Å². The molecule has 0 saturated carbocycles. The largest absolute Gasteiger partial charge is 0.492 e. The van der Waals surface area contributed by atoms with Gasteiger partial charge < -0.3 is 15.8 Å². The molecule has 0 fully saturated rings. The minimum atomic E-state index is 0.541. The molecule has 3 N–H and O–H groups in total. The topological polar surface area (TPSA) is 71.1 Å². The Morgan fingerprint density at radius 2 is 1.90 bits per heavy atom. The first kappa shape index (κ1) is 13.8. The van der Waals surface area contributed by atoms with Crippen molar-refractivity contribution in [3.8, 4) is 11.8 Å². The van der Waals surface area contributed by atoms with Crippen LogP contribution in [0.4, 0.5) is 17.1 Å². The fourth-order valence-electron chi connectivity index (χ4n) is 2.00. The van der Waals surface area contributed by atoms with Crippen LogP contribution in [0.1, 0.15) is 18.1 Å². The molecule has 20 heavy (non-hydrogen) atoms. The summed E-state index contributed by atoms with van der Waals surface area (Å²) < 4.78 is 5.47. The standard InChI is InChI=1S/C16H17N3O/c1-3-20-15-9-5-8-14(16(15)18)19-13-7-4-6-11(2)12(13)10-17/h4-9,19H,3,18H2,1-2H3. The number of nitriles is 1. The molecule has 2 rings (SSSR count). The number of aryl methyl sites for hydroxylation is 1. The highest BCUT2D eigenvalue weighted by atomic mass is 16.5. The van der Waals surface area contributed by atoms with Crippen LogP contribution in [0.3, 0.4) is 0 Å². The van der Waals surface area contributed by atoms with E-state index in [1.54, 1.807) is 0 Å². The predicted octanol–water partition coefficient (Wildman–Crippen LogP) is 3.59. The van der Waals surface area contributed by atoms with Crippen molar-refractivity contribution in [1.82, 2.24) is 0 Å². The zero-order valence-electron chi connectivity index (χ0n) is 11.6. The maximum atomic E-state index is 9.24. The molecule has 0 spiro atoms. The molecular weight excluding hydrogens is 250 g/mol. The Hall–Kier alpha value is -2.67. The van der Waals surface area contributed by atoms with E-state index in [1.165, 1.54) is 0 Å². The summed E-state index contributed by atoms with van der Waals surface area (Å²) in [5.41, 5.74) is 9.64. The molecule has 2 aromatic rings. The molecule has 0 aliphatic carbocycles. The van der Waals surface area contributed by atoms with Crippen molar-refractivity contribution in [2.45, 2.75) is 13.8 Å². The van der Waals surface area contributed by atoms with Crippen LogP contribution in [-0.4, -0.2) is 6.61 Å². The highest BCUT2D eigenvalue weighted by Gasteiger charge is 2.09. The molecule has 4 heteroatoms. The van der Waals surface area contributed by atoms with Crippen LogP contribution < -0.4 is 15.8 Å². The number of nitrogens with two attached hydrogens (primary N) is 1. The highest BCUT2D eigenvalue weighted by molar-refractivity contribution is 5.79. The van der Waals surface area contributed by atoms with Crippen molar-refractivity contribution >= 4 is 17.1 Å². The van der Waals surface area contributed by atoms with Crippen LogP contribution in [-0.2, 0) is 0 Å². The number of ether oxygens (including phenoxy) is 1. The second kappa shape index (κ2) is 5.98. The normalized spacial score (nSPS) is 9.85. The molecule has 102 valence electrons. The zero-order valence-corrected chi connectivity index (χ0v) is 11.6. The predicted molar refractivity (Wildman–Crippen MR) is 81.2 cm³/mol. The SMILES string of the molecule is CCOc1cccc(Nc2cccc(C)c2C#N)c1N. The van der Waals surface area contributed by atoms with Gasteiger partial charge in [0.2, 0.25) is 0 Å². The van der Waals surface area contributed by atoms with Crippen LogP contribution in [0.15, 0.2) is 36.4 Å². The Bertz CT molecular complexity index is 659. The Morgan fingerprint density at radius 1 is 1.20 bits per heavy atom. The van der Waals surface area contributed by atoms with Gasteiger partial charge in [-0.3, -0.25) is 0 Å². The minimum Gasteiger partial charge on any atom is -0.492 e. The van der Waals surface area contributed by atoms with Gasteiger partial charge in [0.05, 0.1) is 29.2 Å². The minimum absolute atomic E-state index is 0.541. The van der Waals surface area contributed by atoms with E-state index in [9.17, 15) is 5.26 Å². The van der Waals surface area contributed by atoms with Gasteiger partial charge in [0.1, 0.15) is 11.8 Å². The lowest BCUT2D eigenvalue weighted by molar-refractivity contribution is 0.342. The molecule has 0 saturated heterocycles. The molecule has 0 radical (unpaired) electrons. The zero-order chi connectivity index (χ0) is 14.5. The van der Waals surface area contributed by atoms with Crippen molar-refractivity contribution in [2.24, 2.45) is 0 Å². The number of rotatable bonds is 4. The van der Waals surface area contributed by atoms with Gasteiger partial charge in [-0.25, -0.2) is 0 Å². The van der Waals surface area contributed by atoms with E-state index in [-0.39, 0.29) is 0 Å². The fourth-order valence-corrected chi connectivity index (χ4v) is 2.00. The molecule has 0 aromatic heterocycles. The quantitative estimate of drug-likeness (QED) is 0.830. The van der Waals surface area contributed by atoms with Crippen LogP contribution in [0, 0.1) is 18.3 Å². The van der Waals surface area contributed by atoms with Crippen LogP contribution in [0.25, 0.3) is 0 Å². The lowest BCUT2D eigenvalue weighted by Gasteiger charge is -2.14. The Morgan fingerprint density at radius 3 is 2.60 bits per heavy atom. The summed E-state index contributed by atoms with van der Waals surface area (Å²) in [6, 6.07) is 13.4. The summed E-state index contributed by atoms with van der Waals surface area (Å²) in [6.07, 6.45) is 0. The summed E-state index contributed by atoms with van der Waals surface area (Å²) in [5, 5.41) is 12.4. The molecule has 0 unspecified atom stereocenters. The summed E-state index contributed by atoms with van der Waals surface area (Å²) in [6.45, 7) is 4.37. The smallest absolute Gasteiger partial charge is 0.144 e. The van der Waals surface area contributed by atoms with E-state index in [0.29, 0.717) is 23.6 Å². The highest BCUT2D eigenvalue weighted by Crippen LogP contribution is 2.32. The number of nitrogen functional groups attached to an aromatic ring is 1. The monoisotopic (exact) mass is 267 g/mol. The maximum Gasteiger partial charge on any atom is 0.144 e. The van der Waals surface area contributed by atoms with Crippen molar-refractivity contribution in [3.63, 3.8) is 0 Å². The number of hydrogen-bond donors (Lipinski definition) is 2. The van der Waals surface area contributed by atoms with E-state index in [0.717, 1.165) is 16.9 Å². The van der Waals surface area contributed by atoms with Gasteiger partial charge in [0.15, 0.2) is 0 Å². The first-order valence-corrected chi connectivity index (χ1v) is 6.45. The second-order valence-electron chi connectivity index (χ2n) is 4.38.